The fourth-order valence-corrected chi connectivity index (χ4v) is 7.23. The predicted octanol–water partition coefficient (Wildman–Crippen LogP) is 12.6. The molecule has 3 aromatic carbocycles. The van der Waals surface area contributed by atoms with E-state index in [9.17, 15) is 0 Å². The smallest absolute Gasteiger partial charge is 0.0340 e. The Balaban J connectivity index is 0.000000452. The van der Waals surface area contributed by atoms with Crippen LogP contribution in [0.1, 0.15) is 161 Å². The van der Waals surface area contributed by atoms with E-state index in [2.05, 4.69) is 104 Å². The first kappa shape index (κ1) is 35.7. The molecule has 0 aromatic heterocycles. The van der Waals surface area contributed by atoms with Crippen LogP contribution in [0.4, 0.5) is 0 Å². The first-order valence-corrected chi connectivity index (χ1v) is 17.9. The number of aryl methyl sites for hydroxylation is 4. The zero-order chi connectivity index (χ0) is 32.8. The third-order valence-corrected chi connectivity index (χ3v) is 10.6. The second-order valence-electron chi connectivity index (χ2n) is 13.5. The molecule has 0 saturated heterocycles. The van der Waals surface area contributed by atoms with Crippen molar-refractivity contribution < 1.29 is 0 Å². The summed E-state index contributed by atoms with van der Waals surface area (Å²) in [5.41, 5.74) is 15.7. The van der Waals surface area contributed by atoms with Gasteiger partial charge in [0.05, 0.1) is 0 Å². The molecule has 0 heterocycles. The van der Waals surface area contributed by atoms with E-state index in [1.54, 1.807) is 19.3 Å². The van der Waals surface area contributed by atoms with Gasteiger partial charge in [-0.3, -0.25) is 0 Å². The van der Waals surface area contributed by atoms with Gasteiger partial charge in [0.2, 0.25) is 0 Å². The second-order valence-corrected chi connectivity index (χ2v) is 13.5. The Morgan fingerprint density at radius 3 is 1.80 bits per heavy atom. The lowest BCUT2D eigenvalue weighted by Gasteiger charge is -2.25. The molecule has 0 aliphatic heterocycles. The Hall–Kier alpha value is -2.78. The summed E-state index contributed by atoms with van der Waals surface area (Å²) in [6.07, 6.45) is 15.4. The van der Waals surface area contributed by atoms with E-state index in [1.165, 1.54) is 68.5 Å². The zero-order valence-electron chi connectivity index (χ0n) is 30.4. The number of hydrogen-bond acceptors (Lipinski definition) is 0. The van der Waals surface area contributed by atoms with E-state index in [0.29, 0.717) is 5.92 Å². The van der Waals surface area contributed by atoms with Crippen LogP contribution in [0, 0.1) is 57.3 Å². The average Bonchev–Trinajstić information content (AvgIpc) is 3.94. The van der Waals surface area contributed by atoms with Crippen LogP contribution in [0.15, 0.2) is 42.5 Å². The molecule has 0 heteroatoms. The molecule has 0 N–H and O–H groups in total. The quantitative estimate of drug-likeness (QED) is 0.190. The van der Waals surface area contributed by atoms with Gasteiger partial charge in [-0.1, -0.05) is 103 Å². The van der Waals surface area contributed by atoms with Gasteiger partial charge in [0.25, 0.3) is 0 Å². The van der Waals surface area contributed by atoms with Crippen molar-refractivity contribution in [1.29, 1.82) is 0 Å². The van der Waals surface area contributed by atoms with Gasteiger partial charge in [0.1, 0.15) is 0 Å². The Morgan fingerprint density at radius 1 is 0.773 bits per heavy atom. The summed E-state index contributed by atoms with van der Waals surface area (Å²) in [7, 11) is 0. The van der Waals surface area contributed by atoms with E-state index in [1.807, 2.05) is 27.7 Å². The fourth-order valence-electron chi connectivity index (χ4n) is 7.23. The van der Waals surface area contributed by atoms with Gasteiger partial charge < -0.3 is 0 Å². The van der Waals surface area contributed by atoms with Crippen molar-refractivity contribution in [2.75, 3.05) is 0 Å². The van der Waals surface area contributed by atoms with Crippen molar-refractivity contribution >= 4 is 0 Å². The van der Waals surface area contributed by atoms with Gasteiger partial charge in [-0.15, -0.1) is 6.42 Å². The maximum absolute atomic E-state index is 6.01. The van der Waals surface area contributed by atoms with Crippen LogP contribution in [-0.4, -0.2) is 0 Å². The lowest BCUT2D eigenvalue weighted by molar-refractivity contribution is 0.662. The molecule has 3 atom stereocenters. The number of terminal acetylenes is 1. The molecule has 0 amide bonds. The van der Waals surface area contributed by atoms with Gasteiger partial charge in [-0.05, 0) is 152 Å². The van der Waals surface area contributed by atoms with Crippen molar-refractivity contribution in [2.24, 2.45) is 17.3 Å². The number of hydrogen-bond donors (Lipinski definition) is 0. The third kappa shape index (κ3) is 8.08. The van der Waals surface area contributed by atoms with Crippen molar-refractivity contribution in [3.05, 3.63) is 104 Å². The van der Waals surface area contributed by atoms with Crippen LogP contribution in [0.2, 0.25) is 0 Å². The van der Waals surface area contributed by atoms with E-state index < -0.39 is 0 Å². The predicted molar refractivity (Wildman–Crippen MR) is 195 cm³/mol. The highest BCUT2D eigenvalue weighted by atomic mass is 14.6. The molecule has 6 rings (SSSR count). The summed E-state index contributed by atoms with van der Waals surface area (Å²) < 4.78 is 0. The van der Waals surface area contributed by atoms with Gasteiger partial charge in [0.15, 0.2) is 0 Å². The summed E-state index contributed by atoms with van der Waals surface area (Å²) in [6.45, 7) is 26.2. The Kier molecular flexibility index (Phi) is 12.6. The Bertz CT molecular complexity index is 1440. The van der Waals surface area contributed by atoms with Crippen LogP contribution < -0.4 is 0 Å². The molecular formula is C44H62. The first-order valence-electron chi connectivity index (χ1n) is 17.9. The van der Waals surface area contributed by atoms with Crippen LogP contribution in [0.5, 0.6) is 0 Å². The fraction of sp³-hybridized carbons (Fsp3) is 0.545. The van der Waals surface area contributed by atoms with E-state index in [0.717, 1.165) is 35.7 Å². The average molecular weight is 591 g/mol. The highest BCUT2D eigenvalue weighted by Crippen LogP contribution is 2.70. The second kappa shape index (κ2) is 15.5. The molecule has 3 aliphatic rings. The summed E-state index contributed by atoms with van der Waals surface area (Å²) >= 11 is 0. The van der Waals surface area contributed by atoms with Crippen LogP contribution in [-0.2, 0) is 12.8 Å². The Labute approximate surface area is 272 Å². The standard InChI is InChI=1S/C34H40.C6H10.2C2H6/c1-9-26-18-31(16-22(5)24(26)7)34(32-17-23(6)33(11-3)27(10-2)19-32)30-15-21(4)14-29(20-30)25(8)28-12-13-28;1-5-4-6(5)2-3-6;2*1-2/h2,14-20,25,28,34H,9,11-13H2,1,3-8H3;5H,2-4H2,1H3;2*1-2H3. The monoisotopic (exact) mass is 590 g/mol. The molecule has 3 saturated carbocycles. The third-order valence-electron chi connectivity index (χ3n) is 10.6. The normalized spacial score (nSPS) is 18.3. The minimum absolute atomic E-state index is 0.173. The SMILES string of the molecule is C#Cc1cc(C(c2cc(C)cc(C(C)C3CC3)c2)c2cc(C)c(C)c(CC)c2)cc(C)c1CC.CC.CC.CC1CC12CC2. The molecule has 3 aromatic rings. The van der Waals surface area contributed by atoms with Crippen molar-refractivity contribution in [1.82, 2.24) is 0 Å². The van der Waals surface area contributed by atoms with E-state index in [-0.39, 0.29) is 5.92 Å². The topological polar surface area (TPSA) is 0 Å². The molecule has 0 nitrogen and oxygen atoms in total. The summed E-state index contributed by atoms with van der Waals surface area (Å²) in [5, 5.41) is 0. The Morgan fingerprint density at radius 2 is 1.32 bits per heavy atom. The lowest BCUT2D eigenvalue weighted by Crippen LogP contribution is -2.09. The van der Waals surface area contributed by atoms with Crippen LogP contribution in [0.3, 0.4) is 0 Å². The summed E-state index contributed by atoms with van der Waals surface area (Å²) in [4.78, 5) is 0. The first-order chi connectivity index (χ1) is 21.1. The van der Waals surface area contributed by atoms with E-state index in [4.69, 9.17) is 6.42 Å². The summed E-state index contributed by atoms with van der Waals surface area (Å²) in [6, 6.07) is 16.8. The molecule has 3 aliphatic carbocycles. The van der Waals surface area contributed by atoms with Crippen molar-refractivity contribution in [2.45, 2.75) is 140 Å². The van der Waals surface area contributed by atoms with Crippen molar-refractivity contribution in [3.8, 4) is 12.3 Å². The minimum atomic E-state index is 0.173. The van der Waals surface area contributed by atoms with Gasteiger partial charge in [-0.2, -0.15) is 0 Å². The highest BCUT2D eigenvalue weighted by Gasteiger charge is 2.59. The zero-order valence-corrected chi connectivity index (χ0v) is 30.4. The molecular weight excluding hydrogens is 528 g/mol. The van der Waals surface area contributed by atoms with Crippen LogP contribution in [0.25, 0.3) is 0 Å². The van der Waals surface area contributed by atoms with Gasteiger partial charge in [-0.25, -0.2) is 0 Å². The highest BCUT2D eigenvalue weighted by molar-refractivity contribution is 5.55. The molecule has 0 bridgehead atoms. The minimum Gasteiger partial charge on any atom is -0.115 e. The number of benzene rings is 3. The summed E-state index contributed by atoms with van der Waals surface area (Å²) in [5.74, 6) is 5.74. The molecule has 1 spiro atoms. The van der Waals surface area contributed by atoms with Gasteiger partial charge in [0, 0.05) is 11.5 Å². The van der Waals surface area contributed by atoms with Gasteiger partial charge >= 0.3 is 0 Å². The molecule has 238 valence electrons. The molecule has 0 radical (unpaired) electrons. The largest absolute Gasteiger partial charge is 0.115 e. The molecule has 3 unspecified atom stereocenters. The van der Waals surface area contributed by atoms with Crippen molar-refractivity contribution in [3.63, 3.8) is 0 Å². The molecule has 44 heavy (non-hydrogen) atoms. The maximum Gasteiger partial charge on any atom is 0.0340 e. The molecule has 3 fully saturated rings. The lowest BCUT2D eigenvalue weighted by atomic mass is 9.79. The number of rotatable bonds is 7. The van der Waals surface area contributed by atoms with E-state index >= 15 is 0 Å². The maximum atomic E-state index is 6.01. The van der Waals surface area contributed by atoms with Crippen LogP contribution >= 0.6 is 0 Å².